The molecule has 1 aromatic rings. The molecule has 1 heterocycles. The third-order valence-electron chi connectivity index (χ3n) is 1.82. The summed E-state index contributed by atoms with van der Waals surface area (Å²) in [7, 11) is 0. The minimum absolute atomic E-state index is 0.525. The van der Waals surface area contributed by atoms with Gasteiger partial charge in [0.15, 0.2) is 0 Å². The Labute approximate surface area is 84.1 Å². The second kappa shape index (κ2) is 5.40. The van der Waals surface area contributed by atoms with Gasteiger partial charge in [-0.2, -0.15) is 0 Å². The fourth-order valence-electron chi connectivity index (χ4n) is 1.16. The normalized spacial score (nSPS) is 12.1. The largest absolute Gasteiger partial charge is 0.492 e. The minimum Gasteiger partial charge on any atom is -0.492 e. The zero-order valence-electron chi connectivity index (χ0n) is 8.31. The number of hydrogen-bond acceptors (Lipinski definition) is 3. The molecule has 0 radical (unpaired) electrons. The van der Waals surface area contributed by atoms with E-state index in [0.717, 1.165) is 5.56 Å². The van der Waals surface area contributed by atoms with Crippen molar-refractivity contribution < 1.29 is 9.84 Å². The minimum atomic E-state index is -0.541. The number of aromatic nitrogens is 1. The molecular weight excluding hydrogens is 178 g/mol. The van der Waals surface area contributed by atoms with Crippen molar-refractivity contribution >= 4 is 0 Å². The van der Waals surface area contributed by atoms with Crippen LogP contribution in [-0.4, -0.2) is 16.7 Å². The molecule has 0 spiro atoms. The van der Waals surface area contributed by atoms with Crippen molar-refractivity contribution in [1.29, 1.82) is 0 Å². The highest BCUT2D eigenvalue weighted by atomic mass is 16.5. The van der Waals surface area contributed by atoms with Gasteiger partial charge < -0.3 is 9.84 Å². The fourth-order valence-corrected chi connectivity index (χ4v) is 1.16. The highest BCUT2D eigenvalue weighted by molar-refractivity contribution is 5.25. The lowest BCUT2D eigenvalue weighted by molar-refractivity contribution is 0.180. The molecule has 0 aliphatic carbocycles. The lowest BCUT2D eigenvalue weighted by Crippen LogP contribution is -1.98. The fraction of sp³-hybridized carbons (Fsp3) is 0.364. The van der Waals surface area contributed by atoms with Gasteiger partial charge in [0.1, 0.15) is 5.75 Å². The first kappa shape index (κ1) is 10.7. The van der Waals surface area contributed by atoms with E-state index in [-0.39, 0.29) is 0 Å². The van der Waals surface area contributed by atoms with Gasteiger partial charge in [-0.25, -0.2) is 0 Å². The SMILES string of the molecule is C=CCC(O)c1cncc(OCC)c1. The third-order valence-corrected chi connectivity index (χ3v) is 1.82. The molecule has 1 unspecified atom stereocenters. The van der Waals surface area contributed by atoms with Crippen LogP contribution in [0.1, 0.15) is 25.0 Å². The van der Waals surface area contributed by atoms with E-state index in [1.807, 2.05) is 6.92 Å². The molecule has 1 rings (SSSR count). The van der Waals surface area contributed by atoms with E-state index >= 15 is 0 Å². The molecule has 0 aliphatic heterocycles. The van der Waals surface area contributed by atoms with E-state index < -0.39 is 6.10 Å². The Kier molecular flexibility index (Phi) is 4.13. The molecule has 3 nitrogen and oxygen atoms in total. The number of rotatable bonds is 5. The monoisotopic (exact) mass is 193 g/mol. The summed E-state index contributed by atoms with van der Waals surface area (Å²) in [5, 5.41) is 9.65. The van der Waals surface area contributed by atoms with E-state index in [1.54, 1.807) is 24.5 Å². The molecule has 0 bridgehead atoms. The average Bonchev–Trinajstić information content (AvgIpc) is 2.19. The van der Waals surface area contributed by atoms with Crippen LogP contribution < -0.4 is 4.74 Å². The van der Waals surface area contributed by atoms with Crippen LogP contribution in [0, 0.1) is 0 Å². The Morgan fingerprint density at radius 3 is 3.07 bits per heavy atom. The second-order valence-electron chi connectivity index (χ2n) is 2.93. The van der Waals surface area contributed by atoms with E-state index in [4.69, 9.17) is 4.74 Å². The molecule has 1 atom stereocenters. The van der Waals surface area contributed by atoms with Crippen LogP contribution in [0.15, 0.2) is 31.1 Å². The Hall–Kier alpha value is -1.35. The van der Waals surface area contributed by atoms with Gasteiger partial charge in [-0.05, 0) is 19.4 Å². The van der Waals surface area contributed by atoms with Crippen molar-refractivity contribution in [2.45, 2.75) is 19.4 Å². The Morgan fingerprint density at radius 1 is 1.64 bits per heavy atom. The predicted molar refractivity (Wildman–Crippen MR) is 55.2 cm³/mol. The van der Waals surface area contributed by atoms with Crippen molar-refractivity contribution in [1.82, 2.24) is 4.98 Å². The first-order valence-electron chi connectivity index (χ1n) is 4.64. The van der Waals surface area contributed by atoms with Gasteiger partial charge in [-0.1, -0.05) is 6.08 Å². The van der Waals surface area contributed by atoms with Gasteiger partial charge in [0, 0.05) is 11.8 Å². The van der Waals surface area contributed by atoms with Crippen LogP contribution in [0.5, 0.6) is 5.75 Å². The number of ether oxygens (including phenoxy) is 1. The summed E-state index contributed by atoms with van der Waals surface area (Å²) in [5.74, 6) is 0.688. The molecule has 14 heavy (non-hydrogen) atoms. The summed E-state index contributed by atoms with van der Waals surface area (Å²) in [6.07, 6.45) is 4.93. The van der Waals surface area contributed by atoms with Gasteiger partial charge in [0.25, 0.3) is 0 Å². The van der Waals surface area contributed by atoms with Crippen molar-refractivity contribution in [3.05, 3.63) is 36.7 Å². The highest BCUT2D eigenvalue weighted by Gasteiger charge is 2.06. The number of aliphatic hydroxyl groups excluding tert-OH is 1. The number of hydrogen-bond donors (Lipinski definition) is 1. The molecule has 1 aromatic heterocycles. The van der Waals surface area contributed by atoms with Crippen LogP contribution in [0.4, 0.5) is 0 Å². The number of aliphatic hydroxyl groups is 1. The summed E-state index contributed by atoms with van der Waals surface area (Å²) >= 11 is 0. The summed E-state index contributed by atoms with van der Waals surface area (Å²) in [6, 6.07) is 1.80. The molecule has 76 valence electrons. The van der Waals surface area contributed by atoms with E-state index in [9.17, 15) is 5.11 Å². The summed E-state index contributed by atoms with van der Waals surface area (Å²) in [6.45, 7) is 6.08. The summed E-state index contributed by atoms with van der Waals surface area (Å²) < 4.78 is 5.28. The summed E-state index contributed by atoms with van der Waals surface area (Å²) in [5.41, 5.74) is 0.760. The maximum Gasteiger partial charge on any atom is 0.137 e. The van der Waals surface area contributed by atoms with Crippen LogP contribution in [0.2, 0.25) is 0 Å². The molecule has 1 N–H and O–H groups in total. The maximum absolute atomic E-state index is 9.65. The lowest BCUT2D eigenvalue weighted by atomic mass is 10.1. The smallest absolute Gasteiger partial charge is 0.137 e. The Balaban J connectivity index is 2.76. The van der Waals surface area contributed by atoms with Crippen LogP contribution in [-0.2, 0) is 0 Å². The van der Waals surface area contributed by atoms with Gasteiger partial charge in [-0.15, -0.1) is 6.58 Å². The molecule has 0 aromatic carbocycles. The summed E-state index contributed by atoms with van der Waals surface area (Å²) in [4.78, 5) is 3.99. The van der Waals surface area contributed by atoms with Crippen LogP contribution in [0.3, 0.4) is 0 Å². The van der Waals surface area contributed by atoms with Gasteiger partial charge in [0.2, 0.25) is 0 Å². The predicted octanol–water partition coefficient (Wildman–Crippen LogP) is 2.09. The average molecular weight is 193 g/mol. The van der Waals surface area contributed by atoms with Gasteiger partial charge in [-0.3, -0.25) is 4.98 Å². The molecule has 0 saturated heterocycles. The topological polar surface area (TPSA) is 42.4 Å². The quantitative estimate of drug-likeness (QED) is 0.728. The molecule has 0 amide bonds. The molecule has 0 fully saturated rings. The molecule has 0 saturated carbocycles. The van der Waals surface area contributed by atoms with Crippen LogP contribution >= 0.6 is 0 Å². The van der Waals surface area contributed by atoms with Crippen LogP contribution in [0.25, 0.3) is 0 Å². The third kappa shape index (κ3) is 2.85. The van der Waals surface area contributed by atoms with Crippen molar-refractivity contribution in [2.75, 3.05) is 6.61 Å². The Morgan fingerprint density at radius 2 is 2.43 bits per heavy atom. The van der Waals surface area contributed by atoms with Gasteiger partial charge in [0.05, 0.1) is 18.9 Å². The standard InChI is InChI=1S/C11H15NO2/c1-3-5-11(13)9-6-10(14-4-2)8-12-7-9/h3,6-8,11,13H,1,4-5H2,2H3. The highest BCUT2D eigenvalue weighted by Crippen LogP contribution is 2.20. The number of pyridine rings is 1. The first-order chi connectivity index (χ1) is 6.77. The molecular formula is C11H15NO2. The second-order valence-corrected chi connectivity index (χ2v) is 2.93. The molecule has 0 aliphatic rings. The lowest BCUT2D eigenvalue weighted by Gasteiger charge is -2.09. The zero-order valence-corrected chi connectivity index (χ0v) is 8.31. The number of nitrogens with zero attached hydrogens (tertiary/aromatic N) is 1. The maximum atomic E-state index is 9.65. The van der Waals surface area contributed by atoms with Crippen molar-refractivity contribution in [3.8, 4) is 5.75 Å². The Bertz CT molecular complexity index is 299. The van der Waals surface area contributed by atoms with Gasteiger partial charge >= 0.3 is 0 Å². The zero-order chi connectivity index (χ0) is 10.4. The van der Waals surface area contributed by atoms with E-state index in [2.05, 4.69) is 11.6 Å². The molecule has 3 heteroatoms. The first-order valence-corrected chi connectivity index (χ1v) is 4.64. The van der Waals surface area contributed by atoms with Crippen molar-refractivity contribution in [3.63, 3.8) is 0 Å². The van der Waals surface area contributed by atoms with E-state index in [0.29, 0.717) is 18.8 Å². The van der Waals surface area contributed by atoms with E-state index in [1.165, 1.54) is 0 Å². The van der Waals surface area contributed by atoms with Crippen molar-refractivity contribution in [2.24, 2.45) is 0 Å².